The summed E-state index contributed by atoms with van der Waals surface area (Å²) in [6.07, 6.45) is -2.59. The van der Waals surface area contributed by atoms with Gasteiger partial charge in [0.25, 0.3) is 0 Å². The second kappa shape index (κ2) is 7.25. The van der Waals surface area contributed by atoms with Gasteiger partial charge in [-0.15, -0.1) is 0 Å². The maximum atomic E-state index is 12.6. The molecular weight excluding hydrogens is 329 g/mol. The summed E-state index contributed by atoms with van der Waals surface area (Å²) < 4.78 is 37.9. The molecule has 4 nitrogen and oxygen atoms in total. The second-order valence-electron chi connectivity index (χ2n) is 6.73. The van der Waals surface area contributed by atoms with Crippen molar-refractivity contribution in [1.29, 1.82) is 0 Å². The molecule has 136 valence electrons. The predicted molar refractivity (Wildman–Crippen MR) is 93.4 cm³/mol. The van der Waals surface area contributed by atoms with Crippen LogP contribution in [0.5, 0.6) is 0 Å². The first kappa shape index (κ1) is 18.1. The third-order valence-electron chi connectivity index (χ3n) is 4.80. The smallest absolute Gasteiger partial charge is 0.298 e. The number of alkyl halides is 3. The van der Waals surface area contributed by atoms with E-state index in [-0.39, 0.29) is 6.17 Å². The number of hydrogen-bond acceptors (Lipinski definition) is 4. The maximum Gasteiger partial charge on any atom is 0.416 e. The number of nitrogens with zero attached hydrogens (tertiary/aromatic N) is 4. The molecule has 1 aromatic rings. The van der Waals surface area contributed by atoms with Crippen molar-refractivity contribution < 1.29 is 13.2 Å². The molecule has 0 saturated carbocycles. The summed E-state index contributed by atoms with van der Waals surface area (Å²) in [5.41, 5.74) is 0.663. The van der Waals surface area contributed by atoms with Crippen molar-refractivity contribution >= 4 is 11.9 Å². The van der Waals surface area contributed by atoms with E-state index >= 15 is 0 Å². The normalized spacial score (nSPS) is 23.1. The first-order valence-electron chi connectivity index (χ1n) is 8.58. The van der Waals surface area contributed by atoms with E-state index < -0.39 is 11.7 Å². The van der Waals surface area contributed by atoms with E-state index in [1.807, 2.05) is 0 Å². The molecule has 1 fully saturated rings. The largest absolute Gasteiger partial charge is 0.416 e. The average Bonchev–Trinajstić information content (AvgIpc) is 2.61. The van der Waals surface area contributed by atoms with Gasteiger partial charge in [0.1, 0.15) is 6.17 Å². The summed E-state index contributed by atoms with van der Waals surface area (Å²) >= 11 is 0. The van der Waals surface area contributed by atoms with Gasteiger partial charge in [-0.1, -0.05) is 12.1 Å². The van der Waals surface area contributed by atoms with Gasteiger partial charge in [0.15, 0.2) is 0 Å². The minimum atomic E-state index is -4.32. The fourth-order valence-electron chi connectivity index (χ4n) is 3.18. The molecule has 1 unspecified atom stereocenters. The molecule has 2 aliphatic heterocycles. The lowest BCUT2D eigenvalue weighted by atomic mass is 10.1. The van der Waals surface area contributed by atoms with Gasteiger partial charge in [-0.05, 0) is 26.0 Å². The zero-order chi connectivity index (χ0) is 18.0. The molecule has 0 spiro atoms. The average molecular weight is 352 g/mol. The Balaban J connectivity index is 1.59. The lowest BCUT2D eigenvalue weighted by molar-refractivity contribution is -0.137. The predicted octanol–water partition coefficient (Wildman–Crippen LogP) is 2.93. The van der Waals surface area contributed by atoms with E-state index in [1.165, 1.54) is 12.1 Å². The van der Waals surface area contributed by atoms with Crippen molar-refractivity contribution in [3.8, 4) is 0 Å². The highest BCUT2D eigenvalue weighted by atomic mass is 19.4. The van der Waals surface area contributed by atoms with Crippen molar-refractivity contribution in [2.75, 3.05) is 32.7 Å². The van der Waals surface area contributed by atoms with Gasteiger partial charge in [0.05, 0.1) is 17.8 Å². The molecule has 2 heterocycles. The van der Waals surface area contributed by atoms with Crippen molar-refractivity contribution in [3.63, 3.8) is 0 Å². The van der Waals surface area contributed by atoms with E-state index in [0.717, 1.165) is 38.3 Å². The van der Waals surface area contributed by atoms with Gasteiger partial charge < -0.3 is 0 Å². The molecule has 1 aromatic carbocycles. The third-order valence-corrected chi connectivity index (χ3v) is 4.80. The van der Waals surface area contributed by atoms with Crippen LogP contribution in [0.15, 0.2) is 34.3 Å². The SMILES string of the molecule is CC(C)N1CCN(C2CN=C(c3ccc(C(F)(F)F)cc3)C=N2)CC1. The number of rotatable bonds is 3. The van der Waals surface area contributed by atoms with Crippen LogP contribution in [-0.2, 0) is 6.18 Å². The Bertz CT molecular complexity index is 641. The highest BCUT2D eigenvalue weighted by Gasteiger charge is 2.30. The van der Waals surface area contributed by atoms with Gasteiger partial charge >= 0.3 is 6.18 Å². The van der Waals surface area contributed by atoms with E-state index in [9.17, 15) is 13.2 Å². The Labute approximate surface area is 146 Å². The molecule has 7 heteroatoms. The Morgan fingerprint density at radius 1 is 1.04 bits per heavy atom. The fourth-order valence-corrected chi connectivity index (χ4v) is 3.18. The highest BCUT2D eigenvalue weighted by Crippen LogP contribution is 2.29. The monoisotopic (exact) mass is 352 g/mol. The molecule has 0 radical (unpaired) electrons. The first-order chi connectivity index (χ1) is 11.8. The topological polar surface area (TPSA) is 31.2 Å². The van der Waals surface area contributed by atoms with Gasteiger partial charge in [-0.2, -0.15) is 13.2 Å². The van der Waals surface area contributed by atoms with Crippen LogP contribution >= 0.6 is 0 Å². The summed E-state index contributed by atoms with van der Waals surface area (Å²) in [6.45, 7) is 8.94. The summed E-state index contributed by atoms with van der Waals surface area (Å²) in [4.78, 5) is 13.9. The minimum Gasteiger partial charge on any atom is -0.298 e. The molecule has 0 N–H and O–H groups in total. The molecular formula is C18H23F3N4. The summed E-state index contributed by atoms with van der Waals surface area (Å²) in [5.74, 6) is 0. The zero-order valence-corrected chi connectivity index (χ0v) is 14.5. The molecule has 0 aliphatic carbocycles. The van der Waals surface area contributed by atoms with Crippen LogP contribution in [0.2, 0.25) is 0 Å². The summed E-state index contributed by atoms with van der Waals surface area (Å²) in [7, 11) is 0. The molecule has 2 aliphatic rings. The molecule has 1 saturated heterocycles. The van der Waals surface area contributed by atoms with Gasteiger partial charge in [0, 0.05) is 44.0 Å². The number of halogens is 3. The molecule has 25 heavy (non-hydrogen) atoms. The number of piperazine rings is 1. The standard InChI is InChI=1S/C18H23F3N4/c1-13(2)24-7-9-25(10-8-24)17-12-22-16(11-23-17)14-3-5-15(6-4-14)18(19,20)21/h3-6,11,13,17H,7-10,12H2,1-2H3. The fraction of sp³-hybridized carbons (Fsp3) is 0.556. The van der Waals surface area contributed by atoms with Crippen molar-refractivity contribution in [2.24, 2.45) is 9.98 Å². The molecule has 0 aromatic heterocycles. The van der Waals surface area contributed by atoms with Crippen LogP contribution in [0.3, 0.4) is 0 Å². The Morgan fingerprint density at radius 2 is 1.68 bits per heavy atom. The lowest BCUT2D eigenvalue weighted by Crippen LogP contribution is -2.52. The van der Waals surface area contributed by atoms with Crippen LogP contribution in [0.1, 0.15) is 25.0 Å². The summed E-state index contributed by atoms with van der Waals surface area (Å²) in [5, 5.41) is 0. The highest BCUT2D eigenvalue weighted by molar-refractivity contribution is 6.38. The lowest BCUT2D eigenvalue weighted by Gasteiger charge is -2.39. The van der Waals surface area contributed by atoms with Crippen molar-refractivity contribution in [3.05, 3.63) is 35.4 Å². The van der Waals surface area contributed by atoms with Gasteiger partial charge in [-0.3, -0.25) is 19.8 Å². The Kier molecular flexibility index (Phi) is 5.24. The zero-order valence-electron chi connectivity index (χ0n) is 14.5. The van der Waals surface area contributed by atoms with Gasteiger partial charge in [-0.25, -0.2) is 0 Å². The van der Waals surface area contributed by atoms with Gasteiger partial charge in [0.2, 0.25) is 0 Å². The van der Waals surface area contributed by atoms with Crippen LogP contribution < -0.4 is 0 Å². The maximum absolute atomic E-state index is 12.6. The van der Waals surface area contributed by atoms with Crippen LogP contribution in [-0.4, -0.2) is 66.7 Å². The van der Waals surface area contributed by atoms with E-state index in [4.69, 9.17) is 0 Å². The van der Waals surface area contributed by atoms with E-state index in [2.05, 4.69) is 33.6 Å². The van der Waals surface area contributed by atoms with Crippen molar-refractivity contribution in [1.82, 2.24) is 9.80 Å². The quantitative estimate of drug-likeness (QED) is 0.838. The van der Waals surface area contributed by atoms with E-state index in [0.29, 0.717) is 23.9 Å². The van der Waals surface area contributed by atoms with Crippen LogP contribution in [0.25, 0.3) is 0 Å². The summed E-state index contributed by atoms with van der Waals surface area (Å²) in [6, 6.07) is 5.64. The number of hydrogen-bond donors (Lipinski definition) is 0. The Hall–Kier alpha value is -1.73. The second-order valence-corrected chi connectivity index (χ2v) is 6.73. The van der Waals surface area contributed by atoms with E-state index in [1.54, 1.807) is 6.21 Å². The first-order valence-corrected chi connectivity index (χ1v) is 8.58. The molecule has 1 atom stereocenters. The molecule has 3 rings (SSSR count). The third kappa shape index (κ3) is 4.27. The Morgan fingerprint density at radius 3 is 2.16 bits per heavy atom. The minimum absolute atomic E-state index is 0.0347. The van der Waals surface area contributed by atoms with Crippen LogP contribution in [0, 0.1) is 0 Å². The number of benzene rings is 1. The molecule has 0 bridgehead atoms. The molecule has 0 amide bonds. The van der Waals surface area contributed by atoms with Crippen molar-refractivity contribution in [2.45, 2.75) is 32.2 Å². The van der Waals surface area contributed by atoms with Crippen LogP contribution in [0.4, 0.5) is 13.2 Å². The number of aliphatic imine (C=N–C) groups is 2.